The lowest BCUT2D eigenvalue weighted by Crippen LogP contribution is -2.34. The normalized spacial score (nSPS) is 14.6. The summed E-state index contributed by atoms with van der Waals surface area (Å²) in [6.45, 7) is 4.09. The molecule has 4 aromatic rings. The summed E-state index contributed by atoms with van der Waals surface area (Å²) < 4.78 is 7.98. The van der Waals surface area contributed by atoms with Crippen LogP contribution in [0.15, 0.2) is 48.0 Å². The van der Waals surface area contributed by atoms with Gasteiger partial charge in [0, 0.05) is 46.1 Å². The molecule has 1 aliphatic heterocycles. The molecule has 1 aliphatic rings. The molecule has 0 spiro atoms. The van der Waals surface area contributed by atoms with Gasteiger partial charge in [0.05, 0.1) is 35.8 Å². The van der Waals surface area contributed by atoms with Crippen LogP contribution in [0.4, 0.5) is 17.2 Å². The SMILES string of the molecule is C/N=C\c1cc(C)c(Oc2cc(Nc3ccc(N4CCC(CO)CC4)cn3)c3ncn(C)c3n2)cn1. The lowest BCUT2D eigenvalue weighted by atomic mass is 9.98. The molecule has 1 fully saturated rings. The van der Waals surface area contributed by atoms with Gasteiger partial charge in [-0.15, -0.1) is 0 Å². The number of nitrogens with zero attached hydrogens (tertiary/aromatic N) is 7. The number of piperidine rings is 1. The van der Waals surface area contributed by atoms with Gasteiger partial charge in [-0.05, 0) is 49.4 Å². The van der Waals surface area contributed by atoms with Crippen molar-refractivity contribution in [1.82, 2.24) is 24.5 Å². The highest BCUT2D eigenvalue weighted by Gasteiger charge is 2.19. The van der Waals surface area contributed by atoms with Crippen LogP contribution < -0.4 is 15.0 Å². The highest BCUT2D eigenvalue weighted by molar-refractivity contribution is 5.88. The van der Waals surface area contributed by atoms with E-state index in [2.05, 4.69) is 41.2 Å². The smallest absolute Gasteiger partial charge is 0.223 e. The molecule has 186 valence electrons. The number of rotatable bonds is 7. The van der Waals surface area contributed by atoms with Crippen molar-refractivity contribution >= 4 is 34.6 Å². The highest BCUT2D eigenvalue weighted by Crippen LogP contribution is 2.31. The van der Waals surface area contributed by atoms with Crippen LogP contribution in [0, 0.1) is 12.8 Å². The van der Waals surface area contributed by atoms with Crippen molar-refractivity contribution in [3.8, 4) is 11.6 Å². The first-order valence-electron chi connectivity index (χ1n) is 12.0. The maximum Gasteiger partial charge on any atom is 0.223 e. The number of aromatic nitrogens is 5. The fourth-order valence-electron chi connectivity index (χ4n) is 4.37. The number of anilines is 3. The zero-order valence-corrected chi connectivity index (χ0v) is 20.7. The Morgan fingerprint density at radius 2 is 2.00 bits per heavy atom. The number of hydrogen-bond donors (Lipinski definition) is 2. The van der Waals surface area contributed by atoms with E-state index < -0.39 is 0 Å². The topological polar surface area (TPSA) is 114 Å². The summed E-state index contributed by atoms with van der Waals surface area (Å²) in [6, 6.07) is 7.78. The summed E-state index contributed by atoms with van der Waals surface area (Å²) in [6.07, 6.45) is 8.99. The number of fused-ring (bicyclic) bond motifs is 1. The summed E-state index contributed by atoms with van der Waals surface area (Å²) >= 11 is 0. The van der Waals surface area contributed by atoms with Crippen molar-refractivity contribution in [2.45, 2.75) is 19.8 Å². The van der Waals surface area contributed by atoms with E-state index in [4.69, 9.17) is 4.74 Å². The minimum Gasteiger partial charge on any atom is -0.437 e. The van der Waals surface area contributed by atoms with E-state index in [9.17, 15) is 5.11 Å². The summed E-state index contributed by atoms with van der Waals surface area (Å²) in [5.74, 6) is 2.16. The molecule has 5 rings (SSSR count). The Labute approximate surface area is 209 Å². The van der Waals surface area contributed by atoms with Gasteiger partial charge in [0.15, 0.2) is 11.4 Å². The van der Waals surface area contributed by atoms with Crippen molar-refractivity contribution in [3.05, 3.63) is 54.2 Å². The number of pyridine rings is 3. The van der Waals surface area contributed by atoms with Gasteiger partial charge in [-0.25, -0.2) is 9.97 Å². The summed E-state index contributed by atoms with van der Waals surface area (Å²) in [4.78, 5) is 24.5. The third-order valence-corrected chi connectivity index (χ3v) is 6.45. The minimum absolute atomic E-state index is 0.268. The van der Waals surface area contributed by atoms with Crippen LogP contribution in [0.3, 0.4) is 0 Å². The van der Waals surface area contributed by atoms with E-state index in [0.29, 0.717) is 29.0 Å². The molecule has 0 saturated carbocycles. The predicted molar refractivity (Wildman–Crippen MR) is 141 cm³/mol. The van der Waals surface area contributed by atoms with Gasteiger partial charge in [0.2, 0.25) is 5.88 Å². The maximum atomic E-state index is 9.38. The number of aryl methyl sites for hydroxylation is 2. The molecule has 2 N–H and O–H groups in total. The molecule has 10 nitrogen and oxygen atoms in total. The van der Waals surface area contributed by atoms with Crippen LogP contribution >= 0.6 is 0 Å². The second-order valence-electron chi connectivity index (χ2n) is 9.04. The monoisotopic (exact) mass is 486 g/mol. The number of nitrogens with one attached hydrogen (secondary N) is 1. The molecule has 0 atom stereocenters. The molecular formula is C26H30N8O2. The quantitative estimate of drug-likeness (QED) is 0.379. The van der Waals surface area contributed by atoms with E-state index in [1.54, 1.807) is 25.8 Å². The summed E-state index contributed by atoms with van der Waals surface area (Å²) in [7, 11) is 3.61. The third-order valence-electron chi connectivity index (χ3n) is 6.45. The van der Waals surface area contributed by atoms with Gasteiger partial charge in [-0.2, -0.15) is 4.98 Å². The number of imidazole rings is 1. The molecule has 0 amide bonds. The molecular weight excluding hydrogens is 456 g/mol. The van der Waals surface area contributed by atoms with Crippen molar-refractivity contribution in [2.75, 3.05) is 37.0 Å². The fourth-order valence-corrected chi connectivity index (χ4v) is 4.37. The van der Waals surface area contributed by atoms with Gasteiger partial charge >= 0.3 is 0 Å². The molecule has 36 heavy (non-hydrogen) atoms. The Balaban J connectivity index is 1.38. The molecule has 0 aliphatic carbocycles. The van der Waals surface area contributed by atoms with E-state index in [-0.39, 0.29) is 6.61 Å². The van der Waals surface area contributed by atoms with E-state index >= 15 is 0 Å². The van der Waals surface area contributed by atoms with Crippen molar-refractivity contribution in [1.29, 1.82) is 0 Å². The summed E-state index contributed by atoms with van der Waals surface area (Å²) in [5.41, 5.74) is 4.96. The van der Waals surface area contributed by atoms with Crippen LogP contribution in [0.5, 0.6) is 11.6 Å². The van der Waals surface area contributed by atoms with Gasteiger partial charge in [-0.3, -0.25) is 9.98 Å². The minimum atomic E-state index is 0.268. The number of aliphatic hydroxyl groups is 1. The highest BCUT2D eigenvalue weighted by atomic mass is 16.5. The predicted octanol–water partition coefficient (Wildman–Crippen LogP) is 3.86. The molecule has 1 saturated heterocycles. The Bertz CT molecular complexity index is 1370. The van der Waals surface area contributed by atoms with Gasteiger partial charge in [-0.1, -0.05) is 0 Å². The maximum absolute atomic E-state index is 9.38. The van der Waals surface area contributed by atoms with Gasteiger partial charge in [0.1, 0.15) is 11.3 Å². The van der Waals surface area contributed by atoms with Crippen molar-refractivity contribution in [3.63, 3.8) is 0 Å². The van der Waals surface area contributed by atoms with Crippen LogP contribution in [0.1, 0.15) is 24.1 Å². The fraction of sp³-hybridized carbons (Fsp3) is 0.346. The first kappa shape index (κ1) is 23.7. The second kappa shape index (κ2) is 10.3. The Morgan fingerprint density at radius 3 is 2.69 bits per heavy atom. The third kappa shape index (κ3) is 4.99. The standard InChI is InChI=1S/C26H30N8O2/c1-17-10-19(12-27-2)28-14-22(17)36-24-11-21(25-26(32-24)33(3)16-30-25)31-23-5-4-20(13-29-23)34-8-6-18(15-35)7-9-34/h4-5,10-14,16,18,35H,6-9,15H2,1-3H3,(H,29,31,32)/b27-12-. The Morgan fingerprint density at radius 1 is 1.17 bits per heavy atom. The molecule has 5 heterocycles. The summed E-state index contributed by atoms with van der Waals surface area (Å²) in [5, 5.41) is 12.8. The molecule has 0 unspecified atom stereocenters. The molecule has 4 aromatic heterocycles. The first-order chi connectivity index (χ1) is 17.5. The average molecular weight is 487 g/mol. The van der Waals surface area contributed by atoms with Crippen LogP contribution in [0.2, 0.25) is 0 Å². The molecule has 10 heteroatoms. The lowest BCUT2D eigenvalue weighted by molar-refractivity contribution is 0.203. The zero-order chi connectivity index (χ0) is 25.1. The second-order valence-corrected chi connectivity index (χ2v) is 9.04. The zero-order valence-electron chi connectivity index (χ0n) is 20.7. The van der Waals surface area contributed by atoms with E-state index in [1.807, 2.05) is 42.9 Å². The lowest BCUT2D eigenvalue weighted by Gasteiger charge is -2.32. The largest absolute Gasteiger partial charge is 0.437 e. The number of hydrogen-bond acceptors (Lipinski definition) is 9. The first-order valence-corrected chi connectivity index (χ1v) is 12.0. The van der Waals surface area contributed by atoms with Crippen LogP contribution in [0.25, 0.3) is 11.2 Å². The van der Waals surface area contributed by atoms with Crippen molar-refractivity contribution < 1.29 is 9.84 Å². The van der Waals surface area contributed by atoms with E-state index in [0.717, 1.165) is 54.1 Å². The van der Waals surface area contributed by atoms with E-state index in [1.165, 1.54) is 0 Å². The Hall–Kier alpha value is -4.05. The Kier molecular flexibility index (Phi) is 6.77. The van der Waals surface area contributed by atoms with Crippen molar-refractivity contribution in [2.24, 2.45) is 18.0 Å². The van der Waals surface area contributed by atoms with Crippen LogP contribution in [-0.2, 0) is 7.05 Å². The molecule has 0 radical (unpaired) electrons. The number of ether oxygens (including phenoxy) is 1. The van der Waals surface area contributed by atoms with Gasteiger partial charge in [0.25, 0.3) is 0 Å². The average Bonchev–Trinajstić information content (AvgIpc) is 3.27. The number of aliphatic imine (C=N–C) groups is 1. The molecule has 0 aromatic carbocycles. The van der Waals surface area contributed by atoms with Crippen LogP contribution in [-0.4, -0.2) is 62.6 Å². The number of aliphatic hydroxyl groups excluding tert-OH is 1. The van der Waals surface area contributed by atoms with Gasteiger partial charge < -0.3 is 24.6 Å². The molecule has 0 bridgehead atoms.